The molecule has 20 heavy (non-hydrogen) atoms. The van der Waals surface area contributed by atoms with Crippen LogP contribution in [0, 0.1) is 0 Å². The lowest BCUT2D eigenvalue weighted by Gasteiger charge is -2.32. The molecule has 1 unspecified atom stereocenters. The van der Waals surface area contributed by atoms with Gasteiger partial charge in [0.05, 0.1) is 18.3 Å². The summed E-state index contributed by atoms with van der Waals surface area (Å²) in [7, 11) is 0. The van der Waals surface area contributed by atoms with Crippen molar-refractivity contribution < 1.29 is 14.0 Å². The van der Waals surface area contributed by atoms with E-state index in [1.807, 2.05) is 13.8 Å². The van der Waals surface area contributed by atoms with Crippen LogP contribution in [0.15, 0.2) is 4.52 Å². The lowest BCUT2D eigenvalue weighted by molar-refractivity contribution is -0.0243. The standard InChI is InChI=1S/C14H23N3O3/c1-10(2)13-16-12(17-20-13)9-18-11-7-14(19-8-11)3-5-15-6-4-14/h10-11,15H,3-9H2,1-2H3. The molecule has 1 spiro atoms. The molecule has 0 aliphatic carbocycles. The summed E-state index contributed by atoms with van der Waals surface area (Å²) in [5.41, 5.74) is 0.0380. The van der Waals surface area contributed by atoms with Crippen molar-refractivity contribution in [2.45, 2.75) is 57.3 Å². The van der Waals surface area contributed by atoms with Gasteiger partial charge in [-0.05, 0) is 25.9 Å². The van der Waals surface area contributed by atoms with Crippen molar-refractivity contribution in [3.63, 3.8) is 0 Å². The van der Waals surface area contributed by atoms with Gasteiger partial charge in [0.25, 0.3) is 0 Å². The molecule has 1 aromatic rings. The van der Waals surface area contributed by atoms with Crippen LogP contribution in [-0.4, -0.2) is 41.5 Å². The fourth-order valence-corrected chi connectivity index (χ4v) is 2.89. The third kappa shape index (κ3) is 3.02. The van der Waals surface area contributed by atoms with Crippen molar-refractivity contribution in [3.8, 4) is 0 Å². The molecule has 0 saturated carbocycles. The third-order valence-electron chi connectivity index (χ3n) is 4.12. The maximum atomic E-state index is 6.00. The zero-order valence-electron chi connectivity index (χ0n) is 12.2. The first kappa shape index (κ1) is 14.0. The summed E-state index contributed by atoms with van der Waals surface area (Å²) in [5, 5.41) is 7.31. The van der Waals surface area contributed by atoms with Gasteiger partial charge >= 0.3 is 0 Å². The quantitative estimate of drug-likeness (QED) is 0.904. The Morgan fingerprint density at radius 1 is 1.40 bits per heavy atom. The summed E-state index contributed by atoms with van der Waals surface area (Å²) >= 11 is 0. The highest BCUT2D eigenvalue weighted by atomic mass is 16.6. The van der Waals surface area contributed by atoms with E-state index in [9.17, 15) is 0 Å². The van der Waals surface area contributed by atoms with E-state index in [2.05, 4.69) is 15.5 Å². The molecule has 0 bridgehead atoms. The van der Waals surface area contributed by atoms with Gasteiger partial charge in [-0.2, -0.15) is 4.98 Å². The summed E-state index contributed by atoms with van der Waals surface area (Å²) in [6.07, 6.45) is 3.27. The van der Waals surface area contributed by atoms with Gasteiger partial charge in [0.1, 0.15) is 6.61 Å². The number of ether oxygens (including phenoxy) is 2. The predicted molar refractivity (Wildman–Crippen MR) is 72.4 cm³/mol. The number of nitrogens with zero attached hydrogens (tertiary/aromatic N) is 2. The van der Waals surface area contributed by atoms with Crippen LogP contribution in [0.1, 0.15) is 50.7 Å². The minimum atomic E-state index is 0.0380. The molecule has 6 nitrogen and oxygen atoms in total. The van der Waals surface area contributed by atoms with Gasteiger partial charge in [-0.15, -0.1) is 0 Å². The molecule has 1 atom stereocenters. The van der Waals surface area contributed by atoms with Crippen molar-refractivity contribution in [3.05, 3.63) is 11.7 Å². The summed E-state index contributed by atoms with van der Waals surface area (Å²) in [5.74, 6) is 1.55. The average Bonchev–Trinajstić information content (AvgIpc) is 3.05. The molecule has 0 amide bonds. The van der Waals surface area contributed by atoms with E-state index in [-0.39, 0.29) is 17.6 Å². The number of nitrogens with one attached hydrogen (secondary N) is 1. The second-order valence-corrected chi connectivity index (χ2v) is 6.08. The maximum Gasteiger partial charge on any atom is 0.229 e. The number of hydrogen-bond acceptors (Lipinski definition) is 6. The Morgan fingerprint density at radius 2 is 2.20 bits per heavy atom. The first-order valence-electron chi connectivity index (χ1n) is 7.46. The van der Waals surface area contributed by atoms with Gasteiger partial charge in [-0.25, -0.2) is 0 Å². The van der Waals surface area contributed by atoms with Crippen LogP contribution in [-0.2, 0) is 16.1 Å². The Labute approximate surface area is 119 Å². The summed E-state index contributed by atoms with van der Waals surface area (Å²) < 4.78 is 17.0. The Morgan fingerprint density at radius 3 is 2.90 bits per heavy atom. The molecule has 1 N–H and O–H groups in total. The molecule has 2 aliphatic rings. The van der Waals surface area contributed by atoms with E-state index in [4.69, 9.17) is 14.0 Å². The lowest BCUT2D eigenvalue weighted by atomic mass is 9.89. The number of hydrogen-bond donors (Lipinski definition) is 1. The van der Waals surface area contributed by atoms with Gasteiger partial charge in [0, 0.05) is 12.3 Å². The van der Waals surface area contributed by atoms with Crippen LogP contribution in [0.2, 0.25) is 0 Å². The lowest BCUT2D eigenvalue weighted by Crippen LogP contribution is -2.41. The average molecular weight is 281 g/mol. The van der Waals surface area contributed by atoms with Gasteiger partial charge in [0.2, 0.25) is 5.89 Å². The first-order chi connectivity index (χ1) is 9.67. The highest BCUT2D eigenvalue weighted by molar-refractivity contribution is 4.94. The number of rotatable bonds is 4. The Bertz CT molecular complexity index is 441. The molecule has 3 rings (SSSR count). The van der Waals surface area contributed by atoms with Crippen molar-refractivity contribution in [2.75, 3.05) is 19.7 Å². The number of piperidine rings is 1. The SMILES string of the molecule is CC(C)c1nc(COC2COC3(CCNCC3)C2)no1. The van der Waals surface area contributed by atoms with Gasteiger partial charge in [0.15, 0.2) is 5.82 Å². The molecule has 1 aromatic heterocycles. The minimum absolute atomic E-state index is 0.0380. The molecule has 2 saturated heterocycles. The van der Waals surface area contributed by atoms with Crippen molar-refractivity contribution in [2.24, 2.45) is 0 Å². The molecule has 3 heterocycles. The van der Waals surface area contributed by atoms with Crippen molar-refractivity contribution >= 4 is 0 Å². The second-order valence-electron chi connectivity index (χ2n) is 6.08. The molecule has 0 radical (unpaired) electrons. The molecular formula is C14H23N3O3. The van der Waals surface area contributed by atoms with Crippen molar-refractivity contribution in [1.82, 2.24) is 15.5 Å². The van der Waals surface area contributed by atoms with Crippen LogP contribution >= 0.6 is 0 Å². The van der Waals surface area contributed by atoms with E-state index < -0.39 is 0 Å². The fourth-order valence-electron chi connectivity index (χ4n) is 2.89. The molecule has 0 aromatic carbocycles. The van der Waals surface area contributed by atoms with Crippen LogP contribution in [0.25, 0.3) is 0 Å². The monoisotopic (exact) mass is 281 g/mol. The van der Waals surface area contributed by atoms with E-state index in [1.54, 1.807) is 0 Å². The van der Waals surface area contributed by atoms with Crippen LogP contribution in [0.4, 0.5) is 0 Å². The van der Waals surface area contributed by atoms with Gasteiger partial charge < -0.3 is 19.3 Å². The largest absolute Gasteiger partial charge is 0.372 e. The predicted octanol–water partition coefficient (Wildman–Crippen LogP) is 1.62. The van der Waals surface area contributed by atoms with Gasteiger partial charge in [-0.3, -0.25) is 0 Å². The minimum Gasteiger partial charge on any atom is -0.372 e. The fraction of sp³-hybridized carbons (Fsp3) is 0.857. The summed E-state index contributed by atoms with van der Waals surface area (Å²) in [4.78, 5) is 4.32. The number of aromatic nitrogens is 2. The summed E-state index contributed by atoms with van der Waals surface area (Å²) in [6, 6.07) is 0. The highest BCUT2D eigenvalue weighted by Gasteiger charge is 2.41. The maximum absolute atomic E-state index is 6.00. The van der Waals surface area contributed by atoms with Gasteiger partial charge in [-0.1, -0.05) is 19.0 Å². The smallest absolute Gasteiger partial charge is 0.229 e. The molecule has 2 aliphatic heterocycles. The van der Waals surface area contributed by atoms with E-state index in [0.29, 0.717) is 24.9 Å². The molecule has 6 heteroatoms. The molecular weight excluding hydrogens is 258 g/mol. The summed E-state index contributed by atoms with van der Waals surface area (Å²) in [6.45, 7) is 7.21. The van der Waals surface area contributed by atoms with E-state index in [1.165, 1.54) is 0 Å². The van der Waals surface area contributed by atoms with E-state index in [0.717, 1.165) is 32.4 Å². The van der Waals surface area contributed by atoms with Crippen LogP contribution in [0.5, 0.6) is 0 Å². The van der Waals surface area contributed by atoms with Crippen molar-refractivity contribution in [1.29, 1.82) is 0 Å². The van der Waals surface area contributed by atoms with Crippen LogP contribution < -0.4 is 5.32 Å². The second kappa shape index (κ2) is 5.79. The normalized spacial score (nSPS) is 25.6. The first-order valence-corrected chi connectivity index (χ1v) is 7.46. The topological polar surface area (TPSA) is 69.4 Å². The Hall–Kier alpha value is -0.980. The Balaban J connectivity index is 1.49. The zero-order chi connectivity index (χ0) is 14.0. The Kier molecular flexibility index (Phi) is 4.05. The van der Waals surface area contributed by atoms with Crippen LogP contribution in [0.3, 0.4) is 0 Å². The molecule has 112 valence electrons. The highest BCUT2D eigenvalue weighted by Crippen LogP contribution is 2.35. The molecule has 2 fully saturated rings. The zero-order valence-corrected chi connectivity index (χ0v) is 12.2. The third-order valence-corrected chi connectivity index (χ3v) is 4.12. The van der Waals surface area contributed by atoms with E-state index >= 15 is 0 Å².